The predicted octanol–water partition coefficient (Wildman–Crippen LogP) is 3.72. The Hall–Kier alpha value is -2.04. The van der Waals surface area contributed by atoms with Crippen LogP contribution in [0, 0.1) is 0 Å². The first-order chi connectivity index (χ1) is 11.1. The lowest BCUT2D eigenvalue weighted by molar-refractivity contribution is 0.0603. The van der Waals surface area contributed by atoms with E-state index in [9.17, 15) is 4.79 Å². The Kier molecular flexibility index (Phi) is 6.23. The Balaban J connectivity index is 0.00000208. The Morgan fingerprint density at radius 1 is 1.04 bits per heavy atom. The van der Waals surface area contributed by atoms with E-state index in [0.29, 0.717) is 11.6 Å². The van der Waals surface area contributed by atoms with E-state index in [1.165, 1.54) is 0 Å². The van der Waals surface area contributed by atoms with E-state index in [-0.39, 0.29) is 24.4 Å². The van der Waals surface area contributed by atoms with E-state index >= 15 is 0 Å². The lowest BCUT2D eigenvalue weighted by Gasteiger charge is -2.38. The smallest absolute Gasteiger partial charge is 0.254 e. The summed E-state index contributed by atoms with van der Waals surface area (Å²) < 4.78 is 5.76. The van der Waals surface area contributed by atoms with Crippen molar-refractivity contribution in [2.24, 2.45) is 0 Å². The number of nitrogens with one attached hydrogen (secondary N) is 1. The number of piperazine rings is 1. The highest BCUT2D eigenvalue weighted by atomic mass is 35.5. The molecule has 2 unspecified atom stereocenters. The van der Waals surface area contributed by atoms with E-state index in [4.69, 9.17) is 4.74 Å². The number of nitrogens with zero attached hydrogens (tertiary/aromatic N) is 1. The van der Waals surface area contributed by atoms with Gasteiger partial charge in [0.1, 0.15) is 11.5 Å². The van der Waals surface area contributed by atoms with Crippen molar-refractivity contribution in [2.75, 3.05) is 13.1 Å². The van der Waals surface area contributed by atoms with Crippen LogP contribution in [-0.4, -0.2) is 36.0 Å². The highest BCUT2D eigenvalue weighted by molar-refractivity contribution is 5.94. The molecule has 1 saturated heterocycles. The second-order valence-corrected chi connectivity index (χ2v) is 5.92. The molecule has 2 atom stereocenters. The number of carbonyl (C=O) groups is 1. The number of ether oxygens (including phenoxy) is 1. The molecule has 1 aliphatic rings. The third-order valence-corrected chi connectivity index (χ3v) is 4.38. The Morgan fingerprint density at radius 3 is 2.33 bits per heavy atom. The molecule has 128 valence electrons. The van der Waals surface area contributed by atoms with Gasteiger partial charge in [0.05, 0.1) is 0 Å². The first-order valence-electron chi connectivity index (χ1n) is 8.02. The summed E-state index contributed by atoms with van der Waals surface area (Å²) >= 11 is 0. The third-order valence-electron chi connectivity index (χ3n) is 4.38. The number of hydrogen-bond acceptors (Lipinski definition) is 3. The molecule has 0 bridgehead atoms. The van der Waals surface area contributed by atoms with Gasteiger partial charge in [-0.25, -0.2) is 0 Å². The van der Waals surface area contributed by atoms with Gasteiger partial charge < -0.3 is 15.0 Å². The van der Waals surface area contributed by atoms with Crippen molar-refractivity contribution in [1.82, 2.24) is 10.2 Å². The molecule has 0 aliphatic carbocycles. The molecule has 3 rings (SSSR count). The molecule has 0 saturated carbocycles. The molecule has 24 heavy (non-hydrogen) atoms. The lowest BCUT2D eigenvalue weighted by Crippen LogP contribution is -2.57. The lowest BCUT2D eigenvalue weighted by atomic mass is 10.1. The van der Waals surface area contributed by atoms with E-state index in [0.717, 1.165) is 24.6 Å². The number of amides is 1. The minimum absolute atomic E-state index is 0. The summed E-state index contributed by atoms with van der Waals surface area (Å²) in [5, 5.41) is 3.39. The molecule has 0 radical (unpaired) electrons. The van der Waals surface area contributed by atoms with Crippen LogP contribution in [0.4, 0.5) is 0 Å². The van der Waals surface area contributed by atoms with Gasteiger partial charge in [0.25, 0.3) is 5.91 Å². The molecule has 1 N–H and O–H groups in total. The number of carbonyl (C=O) groups excluding carboxylic acids is 1. The molecule has 0 spiro atoms. The van der Waals surface area contributed by atoms with Crippen LogP contribution in [0.15, 0.2) is 54.6 Å². The Bertz CT molecular complexity index is 661. The normalized spacial score (nSPS) is 20.2. The summed E-state index contributed by atoms with van der Waals surface area (Å²) in [6.45, 7) is 5.78. The largest absolute Gasteiger partial charge is 0.457 e. The predicted molar refractivity (Wildman–Crippen MR) is 98.2 cm³/mol. The molecule has 1 heterocycles. The molecule has 4 nitrogen and oxygen atoms in total. The van der Waals surface area contributed by atoms with Crippen LogP contribution in [0.3, 0.4) is 0 Å². The van der Waals surface area contributed by atoms with Gasteiger partial charge in [-0.3, -0.25) is 4.79 Å². The maximum atomic E-state index is 12.7. The second-order valence-electron chi connectivity index (χ2n) is 5.92. The maximum absolute atomic E-state index is 12.7. The summed E-state index contributed by atoms with van der Waals surface area (Å²) in [5.74, 6) is 1.60. The minimum atomic E-state index is 0. The average Bonchev–Trinajstić information content (AvgIpc) is 2.58. The molecular formula is C19H23ClN2O2. The number of benzene rings is 2. The van der Waals surface area contributed by atoms with Gasteiger partial charge in [-0.2, -0.15) is 0 Å². The molecule has 5 heteroatoms. The summed E-state index contributed by atoms with van der Waals surface area (Å²) in [4.78, 5) is 14.6. The number of hydrogen-bond donors (Lipinski definition) is 1. The van der Waals surface area contributed by atoms with Gasteiger partial charge in [0, 0.05) is 30.7 Å². The van der Waals surface area contributed by atoms with Crippen LogP contribution in [0.2, 0.25) is 0 Å². The molecule has 1 aliphatic heterocycles. The minimum Gasteiger partial charge on any atom is -0.457 e. The van der Waals surface area contributed by atoms with E-state index in [1.54, 1.807) is 0 Å². The Labute approximate surface area is 149 Å². The van der Waals surface area contributed by atoms with Gasteiger partial charge in [-0.05, 0) is 50.2 Å². The Morgan fingerprint density at radius 2 is 1.67 bits per heavy atom. The first kappa shape index (κ1) is 18.3. The van der Waals surface area contributed by atoms with Crippen LogP contribution in [-0.2, 0) is 0 Å². The van der Waals surface area contributed by atoms with Gasteiger partial charge in [-0.1, -0.05) is 18.2 Å². The maximum Gasteiger partial charge on any atom is 0.254 e. The molecule has 1 amide bonds. The third kappa shape index (κ3) is 4.08. The van der Waals surface area contributed by atoms with Crippen molar-refractivity contribution in [3.05, 3.63) is 60.2 Å². The van der Waals surface area contributed by atoms with Crippen molar-refractivity contribution in [3.63, 3.8) is 0 Å². The standard InChI is InChI=1S/C19H22N2O2.ClH/c1-14-15(2)21(13-12-20-14)19(22)16-8-10-18(11-9-16)23-17-6-4-3-5-7-17;/h3-11,14-15,20H,12-13H2,1-2H3;1H. The summed E-state index contributed by atoms with van der Waals surface area (Å²) in [6.07, 6.45) is 0. The number of rotatable bonds is 3. The zero-order valence-electron chi connectivity index (χ0n) is 13.9. The van der Waals surface area contributed by atoms with Gasteiger partial charge in [0.15, 0.2) is 0 Å². The molecular weight excluding hydrogens is 324 g/mol. The highest BCUT2D eigenvalue weighted by Crippen LogP contribution is 2.22. The number of halogens is 1. The summed E-state index contributed by atoms with van der Waals surface area (Å²) in [6, 6.07) is 17.5. The zero-order valence-corrected chi connectivity index (χ0v) is 14.8. The second kappa shape index (κ2) is 8.18. The van der Waals surface area contributed by atoms with Crippen LogP contribution < -0.4 is 10.1 Å². The van der Waals surface area contributed by atoms with E-state index in [1.807, 2.05) is 59.5 Å². The van der Waals surface area contributed by atoms with E-state index in [2.05, 4.69) is 19.2 Å². The van der Waals surface area contributed by atoms with E-state index < -0.39 is 0 Å². The molecule has 1 fully saturated rings. The molecule has 2 aromatic rings. The monoisotopic (exact) mass is 346 g/mol. The highest BCUT2D eigenvalue weighted by Gasteiger charge is 2.28. The molecule has 2 aromatic carbocycles. The first-order valence-corrected chi connectivity index (χ1v) is 8.02. The number of para-hydroxylation sites is 1. The summed E-state index contributed by atoms with van der Waals surface area (Å²) in [5.41, 5.74) is 0.700. The fraction of sp³-hybridized carbons (Fsp3) is 0.316. The van der Waals surface area contributed by atoms with Crippen LogP contribution in [0.5, 0.6) is 11.5 Å². The van der Waals surface area contributed by atoms with Gasteiger partial charge in [-0.15, -0.1) is 12.4 Å². The molecule has 0 aromatic heterocycles. The van der Waals surface area contributed by atoms with Crippen LogP contribution in [0.25, 0.3) is 0 Å². The zero-order chi connectivity index (χ0) is 16.2. The van der Waals surface area contributed by atoms with Crippen molar-refractivity contribution in [3.8, 4) is 11.5 Å². The average molecular weight is 347 g/mol. The van der Waals surface area contributed by atoms with Gasteiger partial charge in [0.2, 0.25) is 0 Å². The van der Waals surface area contributed by atoms with Crippen molar-refractivity contribution in [1.29, 1.82) is 0 Å². The van der Waals surface area contributed by atoms with Crippen molar-refractivity contribution >= 4 is 18.3 Å². The van der Waals surface area contributed by atoms with Crippen molar-refractivity contribution in [2.45, 2.75) is 25.9 Å². The van der Waals surface area contributed by atoms with Crippen LogP contribution in [0.1, 0.15) is 24.2 Å². The summed E-state index contributed by atoms with van der Waals surface area (Å²) in [7, 11) is 0. The SMILES string of the molecule is CC1NCCN(C(=O)c2ccc(Oc3ccccc3)cc2)C1C.Cl. The fourth-order valence-corrected chi connectivity index (χ4v) is 2.80. The van der Waals surface area contributed by atoms with Gasteiger partial charge >= 0.3 is 0 Å². The van der Waals surface area contributed by atoms with Crippen molar-refractivity contribution < 1.29 is 9.53 Å². The quantitative estimate of drug-likeness (QED) is 0.920. The van der Waals surface area contributed by atoms with Crippen LogP contribution >= 0.6 is 12.4 Å². The fourth-order valence-electron chi connectivity index (χ4n) is 2.80. The topological polar surface area (TPSA) is 41.6 Å².